The van der Waals surface area contributed by atoms with E-state index in [4.69, 9.17) is 5.11 Å². The lowest BCUT2D eigenvalue weighted by Crippen LogP contribution is -2.32. The van der Waals surface area contributed by atoms with Crippen molar-refractivity contribution in [1.29, 1.82) is 0 Å². The van der Waals surface area contributed by atoms with E-state index in [0.717, 1.165) is 24.2 Å². The molecule has 1 heterocycles. The fourth-order valence-electron chi connectivity index (χ4n) is 2.67. The van der Waals surface area contributed by atoms with Crippen LogP contribution in [0.1, 0.15) is 37.9 Å². The molecular weight excluding hydrogens is 242 g/mol. The summed E-state index contributed by atoms with van der Waals surface area (Å²) in [6, 6.07) is 9.04. The van der Waals surface area contributed by atoms with Crippen molar-refractivity contribution in [2.75, 3.05) is 6.54 Å². The zero-order chi connectivity index (χ0) is 13.8. The lowest BCUT2D eigenvalue weighted by Gasteiger charge is -2.11. The Balaban J connectivity index is 2.12. The number of carboxylic acids is 1. The highest BCUT2D eigenvalue weighted by atomic mass is 16.4. The molecule has 0 saturated carbocycles. The van der Waals surface area contributed by atoms with E-state index in [2.05, 4.69) is 0 Å². The van der Waals surface area contributed by atoms with Crippen LogP contribution in [0.5, 0.6) is 0 Å². The number of aliphatic carboxylic acids is 1. The smallest absolute Gasteiger partial charge is 0.372 e. The second-order valence-corrected chi connectivity index (χ2v) is 5.06. The Kier molecular flexibility index (Phi) is 4.32. The van der Waals surface area contributed by atoms with E-state index in [0.29, 0.717) is 12.8 Å². The van der Waals surface area contributed by atoms with Crippen LogP contribution in [0.15, 0.2) is 30.3 Å². The number of carboxylic acid groups (broad SMARTS) is 1. The Bertz CT molecular complexity index is 481. The minimum atomic E-state index is -0.772. The Morgan fingerprint density at radius 2 is 2.11 bits per heavy atom. The van der Waals surface area contributed by atoms with Gasteiger partial charge in [0.1, 0.15) is 6.54 Å². The number of aliphatic hydroxyl groups excluding tert-OH is 1. The number of nitrogens with zero attached hydrogens (tertiary/aromatic N) is 1. The van der Waals surface area contributed by atoms with Gasteiger partial charge in [0.2, 0.25) is 6.04 Å². The third-order valence-corrected chi connectivity index (χ3v) is 3.70. The van der Waals surface area contributed by atoms with Crippen molar-refractivity contribution in [3.05, 3.63) is 35.9 Å². The highest BCUT2D eigenvalue weighted by Gasteiger charge is 2.36. The molecular formula is C15H20NO3+. The van der Waals surface area contributed by atoms with E-state index in [1.165, 1.54) is 0 Å². The number of carbonyl (C=O) groups is 1. The summed E-state index contributed by atoms with van der Waals surface area (Å²) in [7, 11) is 0. The Morgan fingerprint density at radius 3 is 2.74 bits per heavy atom. The maximum absolute atomic E-state index is 11.2. The van der Waals surface area contributed by atoms with Crippen LogP contribution in [-0.2, 0) is 4.79 Å². The normalized spacial score (nSPS) is 23.2. The Labute approximate surface area is 113 Å². The summed E-state index contributed by atoms with van der Waals surface area (Å²) < 4.78 is 1.91. The maximum atomic E-state index is 11.2. The van der Waals surface area contributed by atoms with Crippen LogP contribution in [0.25, 0.3) is 0 Å². The summed E-state index contributed by atoms with van der Waals surface area (Å²) in [4.78, 5) is 11.2. The third-order valence-electron chi connectivity index (χ3n) is 3.70. The highest BCUT2D eigenvalue weighted by Crippen LogP contribution is 2.19. The van der Waals surface area contributed by atoms with Crippen molar-refractivity contribution < 1.29 is 19.6 Å². The monoisotopic (exact) mass is 262 g/mol. The molecule has 0 bridgehead atoms. The van der Waals surface area contributed by atoms with Crippen molar-refractivity contribution in [1.82, 2.24) is 0 Å². The van der Waals surface area contributed by atoms with Gasteiger partial charge in [-0.2, -0.15) is 0 Å². The minimum absolute atomic E-state index is 0.428. The summed E-state index contributed by atoms with van der Waals surface area (Å²) in [5.74, 6) is -0.772. The van der Waals surface area contributed by atoms with Gasteiger partial charge in [-0.05, 0) is 5.56 Å². The average Bonchev–Trinajstić information content (AvgIpc) is 2.89. The molecule has 19 heavy (non-hydrogen) atoms. The van der Waals surface area contributed by atoms with Gasteiger partial charge >= 0.3 is 5.97 Å². The fraction of sp³-hybridized carbons (Fsp3) is 0.467. The molecule has 1 fully saturated rings. The van der Waals surface area contributed by atoms with Gasteiger partial charge in [0.15, 0.2) is 5.71 Å². The SMILES string of the molecule is CC(C[C@@H](O)c1ccccc1)=[N+]1CCC[C@H]1C(=O)O. The van der Waals surface area contributed by atoms with Crippen molar-refractivity contribution >= 4 is 11.7 Å². The Morgan fingerprint density at radius 1 is 1.42 bits per heavy atom. The second-order valence-electron chi connectivity index (χ2n) is 5.06. The predicted octanol–water partition coefficient (Wildman–Crippen LogP) is 1.83. The van der Waals surface area contributed by atoms with Crippen molar-refractivity contribution in [3.8, 4) is 0 Å². The first-order valence-electron chi connectivity index (χ1n) is 6.64. The molecule has 102 valence electrons. The van der Waals surface area contributed by atoms with E-state index in [9.17, 15) is 9.90 Å². The quantitative estimate of drug-likeness (QED) is 0.814. The molecule has 0 spiro atoms. The van der Waals surface area contributed by atoms with Gasteiger partial charge in [-0.15, -0.1) is 0 Å². The lowest BCUT2D eigenvalue weighted by atomic mass is 10.0. The van der Waals surface area contributed by atoms with Gasteiger partial charge in [-0.3, -0.25) is 0 Å². The van der Waals surface area contributed by atoms with Crippen molar-refractivity contribution in [2.45, 2.75) is 38.3 Å². The molecule has 1 aromatic rings. The number of aliphatic hydroxyl groups is 1. The van der Waals surface area contributed by atoms with E-state index < -0.39 is 18.1 Å². The molecule has 0 aromatic heterocycles. The molecule has 2 atom stereocenters. The molecule has 0 aliphatic carbocycles. The summed E-state index contributed by atoms with van der Waals surface area (Å²) in [5.41, 5.74) is 1.81. The summed E-state index contributed by atoms with van der Waals surface area (Å²) in [5, 5.41) is 19.3. The predicted molar refractivity (Wildman–Crippen MR) is 72.5 cm³/mol. The zero-order valence-corrected chi connectivity index (χ0v) is 11.1. The fourth-order valence-corrected chi connectivity index (χ4v) is 2.67. The number of rotatable bonds is 4. The lowest BCUT2D eigenvalue weighted by molar-refractivity contribution is -0.534. The number of benzene rings is 1. The van der Waals surface area contributed by atoms with Crippen LogP contribution >= 0.6 is 0 Å². The molecule has 1 aliphatic heterocycles. The second kappa shape index (κ2) is 5.97. The van der Waals surface area contributed by atoms with Crippen molar-refractivity contribution in [2.24, 2.45) is 0 Å². The maximum Gasteiger partial charge on any atom is 0.372 e. The van der Waals surface area contributed by atoms with E-state index in [1.807, 2.05) is 41.8 Å². The molecule has 1 saturated heterocycles. The summed E-state index contributed by atoms with van der Waals surface area (Å²) >= 11 is 0. The molecule has 0 radical (unpaired) electrons. The summed E-state index contributed by atoms with van der Waals surface area (Å²) in [6.45, 7) is 2.68. The molecule has 1 aromatic carbocycles. The molecule has 0 amide bonds. The van der Waals surface area contributed by atoms with Crippen LogP contribution in [0.2, 0.25) is 0 Å². The van der Waals surface area contributed by atoms with Gasteiger partial charge in [0, 0.05) is 19.8 Å². The van der Waals surface area contributed by atoms with Crippen molar-refractivity contribution in [3.63, 3.8) is 0 Å². The van der Waals surface area contributed by atoms with Gasteiger partial charge in [-0.1, -0.05) is 30.3 Å². The van der Waals surface area contributed by atoms with E-state index in [-0.39, 0.29) is 0 Å². The van der Waals surface area contributed by atoms with Gasteiger partial charge in [-0.25, -0.2) is 9.37 Å². The number of hydrogen-bond acceptors (Lipinski definition) is 2. The standard InChI is InChI=1S/C15H19NO3/c1-11(16-9-5-8-13(16)15(18)19)10-14(17)12-6-3-2-4-7-12/h2-4,6-7,13-14,17H,5,8-10H2,1H3/p+1/t13-,14+/m0/s1. The molecule has 2 rings (SSSR count). The van der Waals surface area contributed by atoms with Crippen LogP contribution < -0.4 is 0 Å². The molecule has 4 heteroatoms. The first-order chi connectivity index (χ1) is 9.09. The minimum Gasteiger partial charge on any atom is -0.476 e. The van der Waals surface area contributed by atoms with E-state index >= 15 is 0 Å². The van der Waals surface area contributed by atoms with Gasteiger partial charge in [0.25, 0.3) is 0 Å². The molecule has 4 nitrogen and oxygen atoms in total. The van der Waals surface area contributed by atoms with Crippen LogP contribution in [0.3, 0.4) is 0 Å². The summed E-state index contributed by atoms with van der Waals surface area (Å²) in [6.07, 6.45) is 1.49. The van der Waals surface area contributed by atoms with Crippen LogP contribution in [-0.4, -0.2) is 39.1 Å². The third kappa shape index (κ3) is 3.20. The molecule has 2 N–H and O–H groups in total. The van der Waals surface area contributed by atoms with E-state index in [1.54, 1.807) is 0 Å². The highest BCUT2D eigenvalue weighted by molar-refractivity contribution is 5.80. The Hall–Kier alpha value is -1.68. The van der Waals surface area contributed by atoms with Gasteiger partial charge in [0.05, 0.1) is 12.5 Å². The zero-order valence-electron chi connectivity index (χ0n) is 11.1. The molecule has 0 unspecified atom stereocenters. The van der Waals surface area contributed by atoms with Crippen LogP contribution in [0.4, 0.5) is 0 Å². The average molecular weight is 262 g/mol. The van der Waals surface area contributed by atoms with Gasteiger partial charge < -0.3 is 10.2 Å². The largest absolute Gasteiger partial charge is 0.476 e. The molecule has 1 aliphatic rings. The van der Waals surface area contributed by atoms with Crippen LogP contribution in [0, 0.1) is 0 Å². The first-order valence-corrected chi connectivity index (χ1v) is 6.64. The topological polar surface area (TPSA) is 60.5 Å². The number of hydrogen-bond donors (Lipinski definition) is 2. The first kappa shape index (κ1) is 13.7.